The van der Waals surface area contributed by atoms with Crippen molar-refractivity contribution in [1.29, 1.82) is 0 Å². The molecule has 0 unspecified atom stereocenters. The first-order valence-electron chi connectivity index (χ1n) is 13.5. The first-order chi connectivity index (χ1) is 18.0. The van der Waals surface area contributed by atoms with Gasteiger partial charge in [-0.15, -0.1) is 0 Å². The van der Waals surface area contributed by atoms with Crippen LogP contribution in [0.1, 0.15) is 57.4 Å². The Morgan fingerprint density at radius 1 is 1.00 bits per heavy atom. The molecule has 1 saturated heterocycles. The lowest BCUT2D eigenvalue weighted by molar-refractivity contribution is -0.130. The van der Waals surface area contributed by atoms with Crippen LogP contribution in [0, 0.1) is 0 Å². The van der Waals surface area contributed by atoms with Gasteiger partial charge in [0.2, 0.25) is 11.8 Å². The molecule has 2 amide bonds. The van der Waals surface area contributed by atoms with Crippen molar-refractivity contribution in [3.63, 3.8) is 0 Å². The minimum Gasteiger partial charge on any atom is -0.354 e. The van der Waals surface area contributed by atoms with Crippen molar-refractivity contribution in [3.8, 4) is 11.3 Å². The Bertz CT molecular complexity index is 1200. The van der Waals surface area contributed by atoms with Gasteiger partial charge in [-0.3, -0.25) is 9.59 Å². The number of ketones is 1. The third-order valence-corrected chi connectivity index (χ3v) is 7.08. The normalized spacial score (nSPS) is 16.0. The van der Waals surface area contributed by atoms with E-state index in [1.807, 2.05) is 30.3 Å². The first-order valence-corrected chi connectivity index (χ1v) is 13.5. The number of hydrogen-bond donors (Lipinski definition) is 4. The standard InChI is InChI=1S/C30H38N4O3/c1-21(35)11-4-2-7-16-27(34-30(37)26-17-10-19-31-26)29(36)32-20-18-24-23-14-8-9-15-25(23)33-28(24)22-12-5-3-6-13-22/h3,5-6,8-9,12-15,26-27,31,33H,2,4,7,10-11,16-20H2,1H3,(H,32,36)(H,34,37)/t26-,27-/m0/s1. The summed E-state index contributed by atoms with van der Waals surface area (Å²) in [7, 11) is 0. The van der Waals surface area contributed by atoms with Crippen LogP contribution in [0.4, 0.5) is 0 Å². The van der Waals surface area contributed by atoms with E-state index in [1.54, 1.807) is 6.92 Å². The van der Waals surface area contributed by atoms with Gasteiger partial charge in [0.05, 0.1) is 6.04 Å². The SMILES string of the molecule is CC(=O)CCCCC[C@H](NC(=O)[C@@H]1CCCN1)C(=O)NCCc1c(-c2ccccc2)[nH]c2ccccc12. The lowest BCUT2D eigenvalue weighted by atomic mass is 10.0. The molecule has 1 fully saturated rings. The summed E-state index contributed by atoms with van der Waals surface area (Å²) in [5.41, 5.74) is 4.42. The van der Waals surface area contributed by atoms with Crippen LogP contribution in [0.3, 0.4) is 0 Å². The number of hydrogen-bond acceptors (Lipinski definition) is 4. The molecule has 1 aliphatic rings. The maximum atomic E-state index is 13.2. The Labute approximate surface area is 218 Å². The molecule has 37 heavy (non-hydrogen) atoms. The molecule has 1 aromatic heterocycles. The summed E-state index contributed by atoms with van der Waals surface area (Å²) in [5, 5.41) is 10.4. The van der Waals surface area contributed by atoms with Gasteiger partial charge >= 0.3 is 0 Å². The third kappa shape index (κ3) is 7.29. The Hall–Kier alpha value is -3.45. The number of aromatic nitrogens is 1. The Kier molecular flexibility index (Phi) is 9.49. The van der Waals surface area contributed by atoms with Gasteiger partial charge in [0.25, 0.3) is 0 Å². The number of Topliss-reactive ketones (excluding diaryl/α,β-unsaturated/α-hetero) is 1. The average Bonchev–Trinajstić information content (AvgIpc) is 3.57. The van der Waals surface area contributed by atoms with Gasteiger partial charge in [0.1, 0.15) is 11.8 Å². The van der Waals surface area contributed by atoms with Crippen LogP contribution >= 0.6 is 0 Å². The zero-order valence-electron chi connectivity index (χ0n) is 21.6. The second-order valence-corrected chi connectivity index (χ2v) is 9.94. The molecule has 4 N–H and O–H groups in total. The zero-order valence-corrected chi connectivity index (χ0v) is 21.6. The fraction of sp³-hybridized carbons (Fsp3) is 0.433. The summed E-state index contributed by atoms with van der Waals surface area (Å²) in [6.07, 6.45) is 6.00. The van der Waals surface area contributed by atoms with Crippen molar-refractivity contribution in [2.45, 2.75) is 70.4 Å². The number of para-hydroxylation sites is 1. The number of rotatable bonds is 13. The van der Waals surface area contributed by atoms with E-state index in [-0.39, 0.29) is 23.6 Å². The van der Waals surface area contributed by atoms with Crippen molar-refractivity contribution < 1.29 is 14.4 Å². The highest BCUT2D eigenvalue weighted by Crippen LogP contribution is 2.30. The number of unbranched alkanes of at least 4 members (excludes halogenated alkanes) is 2. The number of fused-ring (bicyclic) bond motifs is 1. The number of amides is 2. The molecule has 1 aliphatic heterocycles. The maximum Gasteiger partial charge on any atom is 0.242 e. The van der Waals surface area contributed by atoms with E-state index in [0.717, 1.165) is 60.8 Å². The summed E-state index contributed by atoms with van der Waals surface area (Å²) < 4.78 is 0. The summed E-state index contributed by atoms with van der Waals surface area (Å²) in [5.74, 6) is -0.0783. The van der Waals surface area contributed by atoms with Crippen molar-refractivity contribution in [1.82, 2.24) is 20.9 Å². The second kappa shape index (κ2) is 13.2. The molecular formula is C30H38N4O3. The highest BCUT2D eigenvalue weighted by Gasteiger charge is 2.27. The van der Waals surface area contributed by atoms with Gasteiger partial charge in [0.15, 0.2) is 0 Å². The minimum absolute atomic E-state index is 0.107. The predicted octanol–water partition coefficient (Wildman–Crippen LogP) is 4.27. The molecule has 0 bridgehead atoms. The lowest BCUT2D eigenvalue weighted by Gasteiger charge is -2.21. The molecule has 2 heterocycles. The average molecular weight is 503 g/mol. The number of carbonyl (C=O) groups excluding carboxylic acids is 3. The summed E-state index contributed by atoms with van der Waals surface area (Å²) in [6, 6.07) is 17.6. The molecule has 7 nitrogen and oxygen atoms in total. The van der Waals surface area contributed by atoms with E-state index >= 15 is 0 Å². The smallest absolute Gasteiger partial charge is 0.242 e. The van der Waals surface area contributed by atoms with Gasteiger partial charge in [0, 0.05) is 29.6 Å². The molecule has 0 saturated carbocycles. The maximum absolute atomic E-state index is 13.2. The van der Waals surface area contributed by atoms with Crippen LogP contribution < -0.4 is 16.0 Å². The van der Waals surface area contributed by atoms with Gasteiger partial charge in [-0.25, -0.2) is 0 Å². The fourth-order valence-corrected chi connectivity index (χ4v) is 5.09. The van der Waals surface area contributed by atoms with Crippen molar-refractivity contribution in [2.24, 2.45) is 0 Å². The van der Waals surface area contributed by atoms with Crippen LogP contribution in [-0.2, 0) is 20.8 Å². The Morgan fingerprint density at radius 2 is 1.78 bits per heavy atom. The van der Waals surface area contributed by atoms with Crippen LogP contribution in [0.15, 0.2) is 54.6 Å². The van der Waals surface area contributed by atoms with Crippen molar-refractivity contribution in [2.75, 3.05) is 13.1 Å². The topological polar surface area (TPSA) is 103 Å². The van der Waals surface area contributed by atoms with Crippen LogP contribution in [0.2, 0.25) is 0 Å². The molecule has 0 spiro atoms. The molecule has 4 rings (SSSR count). The van der Waals surface area contributed by atoms with E-state index in [4.69, 9.17) is 0 Å². The second-order valence-electron chi connectivity index (χ2n) is 9.94. The third-order valence-electron chi connectivity index (χ3n) is 7.08. The quantitative estimate of drug-likeness (QED) is 0.262. The predicted molar refractivity (Wildman–Crippen MR) is 147 cm³/mol. The highest BCUT2D eigenvalue weighted by atomic mass is 16.2. The van der Waals surface area contributed by atoms with Crippen molar-refractivity contribution >= 4 is 28.5 Å². The zero-order chi connectivity index (χ0) is 26.0. The molecule has 2 atom stereocenters. The van der Waals surface area contributed by atoms with Gasteiger partial charge in [-0.1, -0.05) is 61.4 Å². The molecule has 196 valence electrons. The first kappa shape index (κ1) is 26.6. The van der Waals surface area contributed by atoms with E-state index in [2.05, 4.69) is 45.2 Å². The number of aromatic amines is 1. The fourth-order valence-electron chi connectivity index (χ4n) is 5.09. The van der Waals surface area contributed by atoms with Crippen LogP contribution in [0.25, 0.3) is 22.2 Å². The summed E-state index contributed by atoms with van der Waals surface area (Å²) in [6.45, 7) is 2.90. The minimum atomic E-state index is -0.580. The Balaban J connectivity index is 1.40. The largest absolute Gasteiger partial charge is 0.354 e. The monoisotopic (exact) mass is 502 g/mol. The highest BCUT2D eigenvalue weighted by molar-refractivity contribution is 5.91. The van der Waals surface area contributed by atoms with Gasteiger partial charge in [-0.2, -0.15) is 0 Å². The molecular weight excluding hydrogens is 464 g/mol. The van der Waals surface area contributed by atoms with E-state index < -0.39 is 6.04 Å². The van der Waals surface area contributed by atoms with Gasteiger partial charge in [-0.05, 0) is 62.8 Å². The molecule has 7 heteroatoms. The van der Waals surface area contributed by atoms with Crippen molar-refractivity contribution in [3.05, 3.63) is 60.2 Å². The molecule has 0 aliphatic carbocycles. The summed E-state index contributed by atoms with van der Waals surface area (Å²) >= 11 is 0. The molecule has 0 radical (unpaired) electrons. The number of benzene rings is 2. The van der Waals surface area contributed by atoms with Gasteiger partial charge < -0.3 is 25.7 Å². The Morgan fingerprint density at radius 3 is 2.54 bits per heavy atom. The lowest BCUT2D eigenvalue weighted by Crippen LogP contribution is -2.51. The van der Waals surface area contributed by atoms with E-state index in [1.165, 1.54) is 5.56 Å². The molecule has 2 aromatic carbocycles. The summed E-state index contributed by atoms with van der Waals surface area (Å²) in [4.78, 5) is 40.7. The van der Waals surface area contributed by atoms with E-state index in [0.29, 0.717) is 25.8 Å². The number of H-pyrrole nitrogens is 1. The number of carbonyl (C=O) groups is 3. The number of nitrogens with one attached hydrogen (secondary N) is 4. The van der Waals surface area contributed by atoms with Crippen LogP contribution in [-0.4, -0.2) is 47.8 Å². The van der Waals surface area contributed by atoms with Crippen LogP contribution in [0.5, 0.6) is 0 Å². The molecule has 3 aromatic rings. The van der Waals surface area contributed by atoms with E-state index in [9.17, 15) is 14.4 Å².